The Morgan fingerprint density at radius 3 is 1.59 bits per heavy atom. The number of H-pyrrole nitrogens is 1. The number of amides is 9. The lowest BCUT2D eigenvalue weighted by atomic mass is 10.2. The summed E-state index contributed by atoms with van der Waals surface area (Å²) in [5, 5.41) is 15.7. The zero-order valence-electron chi connectivity index (χ0n) is 33.9. The van der Waals surface area contributed by atoms with Gasteiger partial charge in [0.05, 0.1) is 81.0 Å². The molecule has 6 aliphatic rings. The van der Waals surface area contributed by atoms with Crippen LogP contribution in [0.5, 0.6) is 0 Å². The summed E-state index contributed by atoms with van der Waals surface area (Å²) >= 11 is 2.25. The fourth-order valence-electron chi connectivity index (χ4n) is 6.94. The summed E-state index contributed by atoms with van der Waals surface area (Å²) in [6.45, 7) is 10.8. The molecule has 340 valence electrons. The quantitative estimate of drug-likeness (QED) is 0.156. The first kappa shape index (κ1) is 46.5. The van der Waals surface area contributed by atoms with Crippen LogP contribution in [0.15, 0.2) is 65.7 Å². The summed E-state index contributed by atoms with van der Waals surface area (Å²) in [6.07, 6.45) is 11.9. The van der Waals surface area contributed by atoms with Crippen molar-refractivity contribution in [2.75, 3.05) is 59.5 Å². The number of hydrogen-bond acceptors (Lipinski definition) is 11. The fourth-order valence-corrected chi connectivity index (χ4v) is 7.77. The molecule has 0 radical (unpaired) electrons. The normalized spacial score (nSPS) is 20.4. The molecule has 0 aliphatic carbocycles. The van der Waals surface area contributed by atoms with E-state index in [2.05, 4.69) is 62.2 Å². The van der Waals surface area contributed by atoms with E-state index in [9.17, 15) is 41.9 Å². The minimum absolute atomic E-state index is 0.0419. The third-order valence-corrected chi connectivity index (χ3v) is 10.6. The molecule has 0 spiro atoms. The topological polar surface area (TPSA) is 283 Å². The Kier molecular flexibility index (Phi) is 14.2. The molecule has 0 saturated carbocycles. The van der Waals surface area contributed by atoms with Crippen LogP contribution in [0.4, 0.5) is 27.6 Å². The highest BCUT2D eigenvalue weighted by molar-refractivity contribution is 14.1. The first-order valence-corrected chi connectivity index (χ1v) is 20.0. The molecule has 9 amide bonds. The van der Waals surface area contributed by atoms with Crippen LogP contribution in [0.1, 0.15) is 31.5 Å². The van der Waals surface area contributed by atoms with E-state index >= 15 is 0 Å². The molecule has 27 heteroatoms. The number of carbonyl (C=O) groups excluding carboxylic acids is 6. The van der Waals surface area contributed by atoms with Gasteiger partial charge in [0.25, 0.3) is 17.7 Å². The molecular formula is C37H41F3IN15O8. The van der Waals surface area contributed by atoms with Gasteiger partial charge in [-0.1, -0.05) is 12.2 Å². The molecule has 9 rings (SSSR count). The Hall–Kier alpha value is -7.01. The molecule has 7 N–H and O–H groups in total. The predicted octanol–water partition coefficient (Wildman–Crippen LogP) is 1.10. The van der Waals surface area contributed by atoms with Crippen molar-refractivity contribution in [1.82, 2.24) is 59.5 Å². The maximum atomic E-state index is 13.6. The van der Waals surface area contributed by atoms with Crippen LogP contribution >= 0.6 is 22.6 Å². The molecule has 0 aromatic carbocycles. The fraction of sp³-hybridized carbons (Fsp3) is 0.324. The zero-order valence-corrected chi connectivity index (χ0v) is 36.0. The van der Waals surface area contributed by atoms with Crippen LogP contribution in [-0.2, 0) is 9.68 Å². The highest BCUT2D eigenvalue weighted by Crippen LogP contribution is 2.29. The van der Waals surface area contributed by atoms with Crippen molar-refractivity contribution < 1.29 is 51.6 Å². The molecule has 3 unspecified atom stereocenters. The second kappa shape index (κ2) is 19.6. The Bertz CT molecular complexity index is 2470. The number of likely N-dealkylation sites (N-methyl/N-ethyl adjacent to an activating group) is 1. The second-order valence-electron chi connectivity index (χ2n) is 14.3. The minimum Gasteiger partial charge on any atom is -0.364 e. The van der Waals surface area contributed by atoms with Gasteiger partial charge < -0.3 is 36.8 Å². The first-order chi connectivity index (χ1) is 30.4. The number of carbonyl (C=O) groups is 6. The maximum absolute atomic E-state index is 13.6. The number of primary amides is 3. The number of urea groups is 3. The molecular weight excluding hydrogens is 966 g/mol. The number of halogens is 4. The van der Waals surface area contributed by atoms with Gasteiger partial charge in [-0.3, -0.25) is 29.2 Å². The van der Waals surface area contributed by atoms with Gasteiger partial charge in [0.1, 0.15) is 0 Å². The SMILES string of the molecule is C=CCON1C(=O)N2CC(I)=CC1C2.C=CCON1C(=O)N2CC(n3cc(F)c(C(N)=O)n3)=CC1C2.CN1C(=O)N2CC(n3cc(F)c(C(N)=O)n3)=CC1C2.NC(=O)c1[nH]ncc1F. The molecule has 9 heterocycles. The lowest BCUT2D eigenvalue weighted by molar-refractivity contribution is -0.107. The van der Waals surface area contributed by atoms with Crippen molar-refractivity contribution in [2.45, 2.75) is 18.1 Å². The number of hydrogen-bond donors (Lipinski definition) is 4. The molecule has 6 bridgehead atoms. The number of fused-ring (bicyclic) bond motifs is 6. The second-order valence-corrected chi connectivity index (χ2v) is 15.7. The van der Waals surface area contributed by atoms with Crippen molar-refractivity contribution in [3.05, 3.63) is 100 Å². The summed E-state index contributed by atoms with van der Waals surface area (Å²) in [6, 6.07) is -0.677. The molecule has 3 saturated heterocycles. The van der Waals surface area contributed by atoms with Gasteiger partial charge in [0.15, 0.2) is 34.5 Å². The van der Waals surface area contributed by atoms with Crippen molar-refractivity contribution in [2.24, 2.45) is 17.2 Å². The van der Waals surface area contributed by atoms with E-state index in [4.69, 9.17) is 26.9 Å². The largest absolute Gasteiger partial charge is 0.364 e. The van der Waals surface area contributed by atoms with E-state index < -0.39 is 46.6 Å². The number of aromatic amines is 1. The molecule has 3 atom stereocenters. The summed E-state index contributed by atoms with van der Waals surface area (Å²) < 4.78 is 43.0. The number of nitrogens with two attached hydrogens (primary N) is 3. The maximum Gasteiger partial charge on any atom is 0.345 e. The number of rotatable bonds is 11. The lowest BCUT2D eigenvalue weighted by Gasteiger charge is -2.21. The van der Waals surface area contributed by atoms with E-state index in [0.29, 0.717) is 44.2 Å². The molecule has 3 fully saturated rings. The van der Waals surface area contributed by atoms with E-state index in [1.54, 1.807) is 38.8 Å². The van der Waals surface area contributed by atoms with Crippen LogP contribution in [0.25, 0.3) is 11.4 Å². The molecule has 64 heavy (non-hydrogen) atoms. The van der Waals surface area contributed by atoms with Gasteiger partial charge in [-0.2, -0.15) is 25.4 Å². The molecule has 23 nitrogen and oxygen atoms in total. The van der Waals surface area contributed by atoms with Crippen molar-refractivity contribution in [1.29, 1.82) is 0 Å². The molecule has 3 aromatic rings. The van der Waals surface area contributed by atoms with Gasteiger partial charge in [-0.05, 0) is 40.8 Å². The highest BCUT2D eigenvalue weighted by Gasteiger charge is 2.42. The Labute approximate surface area is 374 Å². The number of aromatic nitrogens is 6. The standard InChI is InChI=1S/C13H14FN5O3.C11H12FN5O2.C9H11IN2O2.C4H4FN3O/c1-2-3-22-19-9-4-8(5-17(6-9)13(19)21)18-7-10(14)11(16-18)12(15)20;1-15-6-2-7(4-16(3-6)11(15)19)17-5-8(12)9(14-17)10(13)18;1-2-3-14-12-8-4-7(10)5-11(6-8)9(12)13;5-2-1-7-8-3(2)4(6)9/h2,4,7,9H,1,3,5-6H2,(H2,15,20);2,5-6H,3-4H2,1H3,(H2,13,18);2,4,8H,1,3,5-6H2;1H,(H2,6,9)(H,7,8). The predicted molar refractivity (Wildman–Crippen MR) is 225 cm³/mol. The van der Waals surface area contributed by atoms with Gasteiger partial charge >= 0.3 is 18.1 Å². The van der Waals surface area contributed by atoms with E-state index in [0.717, 1.165) is 25.1 Å². The van der Waals surface area contributed by atoms with Crippen molar-refractivity contribution in [3.8, 4) is 0 Å². The highest BCUT2D eigenvalue weighted by atomic mass is 127. The monoisotopic (exact) mass is 1010 g/mol. The molecule has 3 aromatic heterocycles. The van der Waals surface area contributed by atoms with Gasteiger partial charge in [-0.15, -0.1) is 13.2 Å². The third-order valence-electron chi connectivity index (χ3n) is 9.90. The van der Waals surface area contributed by atoms with Crippen LogP contribution in [0.3, 0.4) is 0 Å². The Morgan fingerprint density at radius 1 is 0.734 bits per heavy atom. The minimum atomic E-state index is -0.942. The van der Waals surface area contributed by atoms with Crippen LogP contribution < -0.4 is 17.2 Å². The Morgan fingerprint density at radius 2 is 1.19 bits per heavy atom. The van der Waals surface area contributed by atoms with E-state index in [1.165, 1.54) is 29.1 Å². The van der Waals surface area contributed by atoms with Gasteiger partial charge in [0.2, 0.25) is 0 Å². The number of nitrogens with one attached hydrogen (secondary N) is 1. The van der Waals surface area contributed by atoms with Crippen LogP contribution in [0.2, 0.25) is 0 Å². The van der Waals surface area contributed by atoms with Gasteiger partial charge in [0, 0.05) is 30.3 Å². The summed E-state index contributed by atoms with van der Waals surface area (Å²) in [5.41, 5.74) is 14.9. The third kappa shape index (κ3) is 9.94. The smallest absolute Gasteiger partial charge is 0.345 e. The number of hydroxylamine groups is 4. The summed E-state index contributed by atoms with van der Waals surface area (Å²) in [7, 11) is 1.71. The van der Waals surface area contributed by atoms with Gasteiger partial charge in [-0.25, -0.2) is 36.9 Å². The van der Waals surface area contributed by atoms with E-state index in [-0.39, 0.29) is 55.1 Å². The summed E-state index contributed by atoms with van der Waals surface area (Å²) in [4.78, 5) is 85.1. The average molecular weight is 1010 g/mol. The zero-order chi connectivity index (χ0) is 46.6. The van der Waals surface area contributed by atoms with Crippen molar-refractivity contribution in [3.63, 3.8) is 0 Å². The molecule has 6 aliphatic heterocycles. The lowest BCUT2D eigenvalue weighted by Crippen LogP contribution is -2.33. The first-order valence-electron chi connectivity index (χ1n) is 18.9. The summed E-state index contributed by atoms with van der Waals surface area (Å²) in [5.74, 6) is -4.98. The van der Waals surface area contributed by atoms with Crippen LogP contribution in [-0.4, -0.2) is 173 Å². The van der Waals surface area contributed by atoms with E-state index in [1.807, 2.05) is 6.08 Å². The Balaban J connectivity index is 0.000000148. The average Bonchev–Trinajstić information content (AvgIpc) is 4.09. The van der Waals surface area contributed by atoms with Crippen molar-refractivity contribution >= 4 is 69.8 Å². The van der Waals surface area contributed by atoms with Crippen LogP contribution in [0, 0.1) is 17.5 Å². The number of nitrogens with zero attached hydrogens (tertiary/aromatic N) is 11.